The smallest absolute Gasteiger partial charge is 0.308 e. The number of carboxylic acid groups (broad SMARTS) is 1. The van der Waals surface area contributed by atoms with E-state index < -0.39 is 11.9 Å². The molecule has 1 fully saturated rings. The Balaban J connectivity index is 1.90. The van der Waals surface area contributed by atoms with Crippen LogP contribution in [-0.4, -0.2) is 33.7 Å². The summed E-state index contributed by atoms with van der Waals surface area (Å²) in [5, 5.41) is 12.9. The van der Waals surface area contributed by atoms with Crippen LogP contribution in [0, 0.1) is 12.8 Å². The SMILES string of the molecule is Cc1nc(-c2cccc(N3C[C@@H](C(=O)O)CC3=O)c2)no1. The number of carbonyl (C=O) groups excluding carboxylic acids is 1. The number of aryl methyl sites for hydroxylation is 1. The molecule has 3 rings (SSSR count). The van der Waals surface area contributed by atoms with Gasteiger partial charge in [-0.05, 0) is 12.1 Å². The summed E-state index contributed by atoms with van der Waals surface area (Å²) in [6.45, 7) is 1.88. The van der Waals surface area contributed by atoms with Crippen LogP contribution in [0.25, 0.3) is 11.4 Å². The van der Waals surface area contributed by atoms with Crippen molar-refractivity contribution in [1.82, 2.24) is 10.1 Å². The molecular formula is C14H13N3O4. The molecule has 0 bridgehead atoms. The Hall–Kier alpha value is -2.70. The van der Waals surface area contributed by atoms with E-state index in [-0.39, 0.29) is 18.9 Å². The third kappa shape index (κ3) is 2.49. The highest BCUT2D eigenvalue weighted by atomic mass is 16.5. The summed E-state index contributed by atoms with van der Waals surface area (Å²) in [5.41, 5.74) is 1.36. The van der Waals surface area contributed by atoms with Crippen molar-refractivity contribution in [1.29, 1.82) is 0 Å². The maximum absolute atomic E-state index is 12.0. The first-order valence-corrected chi connectivity index (χ1v) is 6.48. The fraction of sp³-hybridized carbons (Fsp3) is 0.286. The van der Waals surface area contributed by atoms with Gasteiger partial charge in [0.15, 0.2) is 0 Å². The summed E-state index contributed by atoms with van der Waals surface area (Å²) < 4.78 is 4.93. The zero-order valence-corrected chi connectivity index (χ0v) is 11.3. The molecule has 0 aliphatic carbocycles. The van der Waals surface area contributed by atoms with E-state index in [0.717, 1.165) is 5.56 Å². The van der Waals surface area contributed by atoms with Gasteiger partial charge in [0.25, 0.3) is 0 Å². The summed E-state index contributed by atoms with van der Waals surface area (Å²) >= 11 is 0. The minimum Gasteiger partial charge on any atom is -0.481 e. The van der Waals surface area contributed by atoms with Crippen LogP contribution in [0.4, 0.5) is 5.69 Å². The van der Waals surface area contributed by atoms with Gasteiger partial charge in [0, 0.05) is 31.1 Å². The second-order valence-electron chi connectivity index (χ2n) is 4.93. The molecule has 1 aliphatic heterocycles. The fourth-order valence-electron chi connectivity index (χ4n) is 2.35. The van der Waals surface area contributed by atoms with E-state index in [1.165, 1.54) is 4.90 Å². The highest BCUT2D eigenvalue weighted by Gasteiger charge is 2.35. The Morgan fingerprint density at radius 1 is 1.48 bits per heavy atom. The predicted molar refractivity (Wildman–Crippen MR) is 72.6 cm³/mol. The molecule has 1 aliphatic rings. The van der Waals surface area contributed by atoms with Crippen molar-refractivity contribution in [3.63, 3.8) is 0 Å². The molecule has 2 heterocycles. The Kier molecular flexibility index (Phi) is 3.17. The molecule has 1 saturated heterocycles. The van der Waals surface area contributed by atoms with Gasteiger partial charge in [-0.3, -0.25) is 9.59 Å². The van der Waals surface area contributed by atoms with E-state index in [0.29, 0.717) is 17.4 Å². The van der Waals surface area contributed by atoms with E-state index >= 15 is 0 Å². The second-order valence-corrected chi connectivity index (χ2v) is 4.93. The Bertz CT molecular complexity index is 710. The summed E-state index contributed by atoms with van der Waals surface area (Å²) in [6.07, 6.45) is 0.0287. The molecule has 0 spiro atoms. The van der Waals surface area contributed by atoms with Gasteiger partial charge in [-0.1, -0.05) is 17.3 Å². The van der Waals surface area contributed by atoms with Crippen molar-refractivity contribution in [2.75, 3.05) is 11.4 Å². The minimum absolute atomic E-state index is 0.0287. The van der Waals surface area contributed by atoms with Crippen LogP contribution >= 0.6 is 0 Å². The third-order valence-electron chi connectivity index (χ3n) is 3.42. The highest BCUT2D eigenvalue weighted by Crippen LogP contribution is 2.28. The van der Waals surface area contributed by atoms with Crippen LogP contribution < -0.4 is 4.90 Å². The number of aromatic nitrogens is 2. The molecule has 0 radical (unpaired) electrons. The molecule has 1 N–H and O–H groups in total. The predicted octanol–water partition coefficient (Wildman–Crippen LogP) is 1.48. The average molecular weight is 287 g/mol. The Labute approximate surface area is 120 Å². The molecule has 1 amide bonds. The van der Waals surface area contributed by atoms with E-state index in [2.05, 4.69) is 10.1 Å². The van der Waals surface area contributed by atoms with Crippen molar-refractivity contribution < 1.29 is 19.2 Å². The molecule has 1 aromatic carbocycles. The quantitative estimate of drug-likeness (QED) is 0.918. The van der Waals surface area contributed by atoms with Gasteiger partial charge in [-0.25, -0.2) is 0 Å². The molecular weight excluding hydrogens is 274 g/mol. The van der Waals surface area contributed by atoms with Crippen molar-refractivity contribution in [3.05, 3.63) is 30.2 Å². The lowest BCUT2D eigenvalue weighted by molar-refractivity contribution is -0.141. The lowest BCUT2D eigenvalue weighted by Gasteiger charge is -2.16. The van der Waals surface area contributed by atoms with Crippen LogP contribution in [-0.2, 0) is 9.59 Å². The van der Waals surface area contributed by atoms with E-state index in [4.69, 9.17) is 9.63 Å². The van der Waals surface area contributed by atoms with E-state index in [1.54, 1.807) is 25.1 Å². The van der Waals surface area contributed by atoms with Crippen molar-refractivity contribution in [3.8, 4) is 11.4 Å². The minimum atomic E-state index is -0.948. The first-order chi connectivity index (χ1) is 10.0. The molecule has 7 nitrogen and oxygen atoms in total. The number of aliphatic carboxylic acids is 1. The number of amides is 1. The number of benzene rings is 1. The molecule has 0 saturated carbocycles. The number of hydrogen-bond acceptors (Lipinski definition) is 5. The monoisotopic (exact) mass is 287 g/mol. The van der Waals surface area contributed by atoms with Gasteiger partial charge >= 0.3 is 5.97 Å². The van der Waals surface area contributed by atoms with Crippen LogP contribution in [0.2, 0.25) is 0 Å². The van der Waals surface area contributed by atoms with Gasteiger partial charge in [0.2, 0.25) is 17.6 Å². The van der Waals surface area contributed by atoms with Gasteiger partial charge in [0.1, 0.15) is 0 Å². The number of anilines is 1. The number of rotatable bonds is 3. The molecule has 108 valence electrons. The maximum atomic E-state index is 12.0. The van der Waals surface area contributed by atoms with Gasteiger partial charge in [-0.2, -0.15) is 4.98 Å². The lowest BCUT2D eigenvalue weighted by atomic mass is 10.1. The number of nitrogens with zero attached hydrogens (tertiary/aromatic N) is 3. The lowest BCUT2D eigenvalue weighted by Crippen LogP contribution is -2.25. The summed E-state index contributed by atoms with van der Waals surface area (Å²) in [4.78, 5) is 28.6. The first-order valence-electron chi connectivity index (χ1n) is 6.48. The number of hydrogen-bond donors (Lipinski definition) is 1. The van der Waals surface area contributed by atoms with Gasteiger partial charge in [-0.15, -0.1) is 0 Å². The Morgan fingerprint density at radius 3 is 2.90 bits per heavy atom. The maximum Gasteiger partial charge on any atom is 0.308 e. The average Bonchev–Trinajstić information content (AvgIpc) is 3.05. The second kappa shape index (κ2) is 5.01. The van der Waals surface area contributed by atoms with Crippen LogP contribution in [0.15, 0.2) is 28.8 Å². The number of carbonyl (C=O) groups is 2. The topological polar surface area (TPSA) is 96.5 Å². The first kappa shape index (κ1) is 13.3. The molecule has 0 unspecified atom stereocenters. The van der Waals surface area contributed by atoms with E-state index in [9.17, 15) is 9.59 Å². The van der Waals surface area contributed by atoms with Crippen molar-refractivity contribution >= 4 is 17.6 Å². The fourth-order valence-corrected chi connectivity index (χ4v) is 2.35. The highest BCUT2D eigenvalue weighted by molar-refractivity contribution is 5.99. The van der Waals surface area contributed by atoms with Crippen LogP contribution in [0.5, 0.6) is 0 Å². The summed E-state index contributed by atoms with van der Waals surface area (Å²) in [6, 6.07) is 7.10. The summed E-state index contributed by atoms with van der Waals surface area (Å²) in [5.74, 6) is -0.900. The largest absolute Gasteiger partial charge is 0.481 e. The van der Waals surface area contributed by atoms with Crippen molar-refractivity contribution in [2.24, 2.45) is 5.92 Å². The molecule has 21 heavy (non-hydrogen) atoms. The van der Waals surface area contributed by atoms with Crippen LogP contribution in [0.3, 0.4) is 0 Å². The Morgan fingerprint density at radius 2 is 2.29 bits per heavy atom. The molecule has 2 aromatic rings. The van der Waals surface area contributed by atoms with Crippen molar-refractivity contribution in [2.45, 2.75) is 13.3 Å². The standard InChI is InChI=1S/C14H13N3O4/c1-8-15-13(16-21-8)9-3-2-4-11(5-9)17-7-10(14(19)20)6-12(17)18/h2-5,10H,6-7H2,1H3,(H,19,20)/t10-/m0/s1. The zero-order chi connectivity index (χ0) is 15.0. The number of carboxylic acids is 1. The van der Waals surface area contributed by atoms with E-state index in [1.807, 2.05) is 6.07 Å². The van der Waals surface area contributed by atoms with Gasteiger partial charge < -0.3 is 14.5 Å². The van der Waals surface area contributed by atoms with Crippen LogP contribution in [0.1, 0.15) is 12.3 Å². The summed E-state index contributed by atoms with van der Waals surface area (Å²) in [7, 11) is 0. The zero-order valence-electron chi connectivity index (χ0n) is 11.3. The molecule has 7 heteroatoms. The molecule has 1 aromatic heterocycles. The third-order valence-corrected chi connectivity index (χ3v) is 3.42. The normalized spacial score (nSPS) is 18.2. The molecule has 1 atom stereocenters. The van der Waals surface area contributed by atoms with Gasteiger partial charge in [0.05, 0.1) is 5.92 Å².